The average Bonchev–Trinajstić information content (AvgIpc) is 3.48. The Hall–Kier alpha value is -4.87. The van der Waals surface area contributed by atoms with Gasteiger partial charge in [0.1, 0.15) is 24.7 Å². The third-order valence-corrected chi connectivity index (χ3v) is 8.54. The van der Waals surface area contributed by atoms with Gasteiger partial charge in [-0.2, -0.15) is 0 Å². The highest BCUT2D eigenvalue weighted by Crippen LogP contribution is 2.38. The molecule has 0 aliphatic carbocycles. The first-order valence-electron chi connectivity index (χ1n) is 16.3. The lowest BCUT2D eigenvalue weighted by molar-refractivity contribution is -0.140. The Morgan fingerprint density at radius 1 is 0.872 bits per heavy atom. The summed E-state index contributed by atoms with van der Waals surface area (Å²) in [6, 6.07) is 13.8. The predicted molar refractivity (Wildman–Crippen MR) is 173 cm³/mol. The fourth-order valence-corrected chi connectivity index (χ4v) is 6.27. The highest BCUT2D eigenvalue weighted by molar-refractivity contribution is 5.85. The summed E-state index contributed by atoms with van der Waals surface area (Å²) in [6.45, 7) is 4.34. The van der Waals surface area contributed by atoms with E-state index in [2.05, 4.69) is 17.1 Å². The topological polar surface area (TPSA) is 135 Å². The van der Waals surface area contributed by atoms with Crippen LogP contribution in [0.5, 0.6) is 11.5 Å². The molecule has 1 unspecified atom stereocenters. The molecule has 1 N–H and O–H groups in total. The third kappa shape index (κ3) is 9.11. The normalized spacial score (nSPS) is 18.3. The van der Waals surface area contributed by atoms with Crippen molar-refractivity contribution in [2.24, 2.45) is 0 Å². The van der Waals surface area contributed by atoms with Crippen molar-refractivity contribution < 1.29 is 33.8 Å². The highest BCUT2D eigenvalue weighted by Gasteiger charge is 2.33. The largest absolute Gasteiger partial charge is 0.494 e. The van der Waals surface area contributed by atoms with E-state index in [0.717, 1.165) is 54.4 Å². The number of likely N-dealkylation sites (tertiary alicyclic amines) is 1. The number of benzene rings is 2. The first-order chi connectivity index (χ1) is 22.8. The van der Waals surface area contributed by atoms with Crippen LogP contribution >= 0.6 is 0 Å². The molecule has 4 aliphatic rings. The van der Waals surface area contributed by atoms with E-state index < -0.39 is 5.97 Å². The molecule has 12 heteroatoms. The summed E-state index contributed by atoms with van der Waals surface area (Å²) in [5.41, 5.74) is 3.19. The molecule has 47 heavy (non-hydrogen) atoms. The van der Waals surface area contributed by atoms with Crippen molar-refractivity contribution in [2.45, 2.75) is 58.0 Å². The van der Waals surface area contributed by atoms with E-state index in [1.54, 1.807) is 33.1 Å². The molecule has 0 radical (unpaired) electrons. The molecule has 1 fully saturated rings. The van der Waals surface area contributed by atoms with Crippen LogP contribution in [0, 0.1) is 0 Å². The molecule has 0 saturated carbocycles. The van der Waals surface area contributed by atoms with E-state index in [9.17, 15) is 14.4 Å². The van der Waals surface area contributed by atoms with Crippen molar-refractivity contribution in [1.29, 1.82) is 0 Å². The Bertz CT molecular complexity index is 1540. The zero-order valence-electron chi connectivity index (χ0n) is 26.9. The van der Waals surface area contributed by atoms with Crippen LogP contribution in [0.25, 0.3) is 0 Å². The second-order valence-electron chi connectivity index (χ2n) is 12.0. The van der Waals surface area contributed by atoms with Crippen LogP contribution in [0.1, 0.15) is 61.8 Å². The Labute approximate surface area is 274 Å². The summed E-state index contributed by atoms with van der Waals surface area (Å²) in [4.78, 5) is 58.0. The second kappa shape index (κ2) is 16.1. The summed E-state index contributed by atoms with van der Waals surface area (Å²) < 4.78 is 14.1. The van der Waals surface area contributed by atoms with Gasteiger partial charge in [0.25, 0.3) is 5.97 Å². The number of ether oxygens (including phenoxy) is 2. The zero-order valence-corrected chi connectivity index (χ0v) is 26.9. The number of aromatic nitrogens is 2. The number of hydrogen-bond acceptors (Lipinski definition) is 7. The van der Waals surface area contributed by atoms with Crippen LogP contribution < -0.4 is 9.47 Å². The number of carboxylic acid groups (broad SMARTS) is 1. The Morgan fingerprint density at radius 3 is 2.49 bits per heavy atom. The van der Waals surface area contributed by atoms with Crippen molar-refractivity contribution in [1.82, 2.24) is 24.3 Å². The van der Waals surface area contributed by atoms with E-state index in [1.165, 1.54) is 0 Å². The molecule has 2 aromatic carbocycles. The highest BCUT2D eigenvalue weighted by atomic mass is 16.5. The van der Waals surface area contributed by atoms with Crippen molar-refractivity contribution in [3.63, 3.8) is 0 Å². The number of fused-ring (bicyclic) bond motifs is 8. The molecule has 1 atom stereocenters. The van der Waals surface area contributed by atoms with Gasteiger partial charge in [0, 0.05) is 45.4 Å². The van der Waals surface area contributed by atoms with Crippen molar-refractivity contribution in [3.05, 3.63) is 77.9 Å². The minimum Gasteiger partial charge on any atom is -0.494 e. The van der Waals surface area contributed by atoms with Crippen LogP contribution in [0.15, 0.2) is 61.2 Å². The van der Waals surface area contributed by atoms with Gasteiger partial charge in [-0.25, -0.2) is 4.98 Å². The first kappa shape index (κ1) is 33.5. The Balaban J connectivity index is 0.00000103. The van der Waals surface area contributed by atoms with E-state index in [0.29, 0.717) is 58.7 Å². The number of nitrogens with zero attached hydrogens (tertiary/aromatic N) is 5. The summed E-state index contributed by atoms with van der Waals surface area (Å²) >= 11 is 0. The van der Waals surface area contributed by atoms with Gasteiger partial charge in [-0.05, 0) is 66.6 Å². The van der Waals surface area contributed by atoms with Gasteiger partial charge in [0.2, 0.25) is 17.7 Å². The van der Waals surface area contributed by atoms with Crippen LogP contribution in [-0.2, 0) is 32.1 Å². The minimum absolute atomic E-state index is 0.0290. The fourth-order valence-electron chi connectivity index (χ4n) is 6.27. The van der Waals surface area contributed by atoms with Crippen molar-refractivity contribution >= 4 is 23.7 Å². The van der Waals surface area contributed by atoms with Crippen LogP contribution in [0.4, 0.5) is 0 Å². The lowest BCUT2D eigenvalue weighted by Gasteiger charge is -2.38. The minimum atomic E-state index is -0.833. The molecule has 7 rings (SSSR count). The monoisotopic (exact) mass is 645 g/mol. The Morgan fingerprint density at radius 2 is 1.68 bits per heavy atom. The smallest absolute Gasteiger partial charge is 0.300 e. The summed E-state index contributed by atoms with van der Waals surface area (Å²) in [6.07, 6.45) is 9.86. The van der Waals surface area contributed by atoms with Gasteiger partial charge in [-0.15, -0.1) is 0 Å². The number of aliphatic carboxylic acids is 1. The van der Waals surface area contributed by atoms with Crippen LogP contribution in [0.2, 0.25) is 0 Å². The van der Waals surface area contributed by atoms with Gasteiger partial charge < -0.3 is 33.8 Å². The number of hydrogen-bond donors (Lipinski definition) is 1. The molecule has 5 heterocycles. The predicted octanol–water partition coefficient (Wildman–Crippen LogP) is 3.54. The van der Waals surface area contributed by atoms with Crippen LogP contribution in [-0.4, -0.2) is 99.0 Å². The first-order valence-corrected chi connectivity index (χ1v) is 16.3. The average molecular weight is 646 g/mol. The lowest BCUT2D eigenvalue weighted by Crippen LogP contribution is -2.44. The van der Waals surface area contributed by atoms with Crippen LogP contribution in [0.3, 0.4) is 0 Å². The number of carboxylic acids is 1. The fraction of sp³-hybridized carbons (Fsp3) is 0.457. The van der Waals surface area contributed by atoms with E-state index in [4.69, 9.17) is 19.4 Å². The van der Waals surface area contributed by atoms with Gasteiger partial charge in [0.15, 0.2) is 0 Å². The van der Waals surface area contributed by atoms with Crippen molar-refractivity contribution in [3.8, 4) is 11.5 Å². The zero-order chi connectivity index (χ0) is 33.2. The van der Waals surface area contributed by atoms with Gasteiger partial charge in [-0.3, -0.25) is 19.2 Å². The van der Waals surface area contributed by atoms with E-state index in [-0.39, 0.29) is 36.9 Å². The number of amides is 3. The molecule has 4 aliphatic heterocycles. The molecular formula is C35H43N5O7. The molecule has 0 spiro atoms. The van der Waals surface area contributed by atoms with Gasteiger partial charge >= 0.3 is 0 Å². The van der Waals surface area contributed by atoms with Crippen molar-refractivity contribution in [2.75, 3.05) is 45.9 Å². The number of carbonyl (C=O) groups excluding carboxylic acids is 3. The van der Waals surface area contributed by atoms with Gasteiger partial charge in [-0.1, -0.05) is 24.6 Å². The summed E-state index contributed by atoms with van der Waals surface area (Å²) in [5.74, 6) is 0.674. The number of carbonyl (C=O) groups is 4. The summed E-state index contributed by atoms with van der Waals surface area (Å²) in [7, 11) is 0. The number of rotatable bonds is 4. The molecule has 12 nitrogen and oxygen atoms in total. The maximum absolute atomic E-state index is 13.5. The molecule has 1 saturated heterocycles. The molecule has 3 amide bonds. The van der Waals surface area contributed by atoms with Gasteiger partial charge in [0.05, 0.1) is 32.1 Å². The lowest BCUT2D eigenvalue weighted by atomic mass is 9.87. The van der Waals surface area contributed by atoms with E-state index >= 15 is 0 Å². The number of imidazole rings is 1. The quantitative estimate of drug-likeness (QED) is 0.456. The molecule has 250 valence electrons. The molecule has 1 aromatic heterocycles. The maximum atomic E-state index is 13.5. The van der Waals surface area contributed by atoms with E-state index in [1.807, 2.05) is 35.2 Å². The second-order valence-corrected chi connectivity index (χ2v) is 12.0. The third-order valence-electron chi connectivity index (χ3n) is 8.54. The maximum Gasteiger partial charge on any atom is 0.300 e. The standard InChI is InChI=1S/C33H39N5O5.C2H4O2/c39-30-8-2-1-3-13-37(30)23-31(40)36-14-5-18-42-27-7-4-6-26(21-27)33-29-10-9-28(43-19-17-36)20-25(29)11-15-38(33)32(41)22-35-16-12-34-24-35;1-2(3)4/h4,6-7,9-10,12,16,20-21,24,33H,1-3,5,8,11,13-15,17-19,22-23H2;1H3,(H,3,4). The Kier molecular flexibility index (Phi) is 11.5. The SMILES string of the molecule is CC(=O)O.O=C(CN1CCCCCC1=O)N1CCCOc2cccc(c2)C2c3ccc(cc3CCN2C(=O)Cn2ccnc2)OCC1. The molecule has 6 bridgehead atoms. The molecular weight excluding hydrogens is 602 g/mol. The summed E-state index contributed by atoms with van der Waals surface area (Å²) in [5, 5.41) is 7.42. The molecule has 3 aromatic rings.